The zero-order valence-electron chi connectivity index (χ0n) is 9.31. The third kappa shape index (κ3) is 1.83. The summed E-state index contributed by atoms with van der Waals surface area (Å²) in [4.78, 5) is 24.1. The second-order valence-corrected chi connectivity index (χ2v) is 4.58. The zero-order valence-corrected chi connectivity index (χ0v) is 10.9. The van der Waals surface area contributed by atoms with E-state index in [2.05, 4.69) is 15.9 Å². The van der Waals surface area contributed by atoms with Gasteiger partial charge in [0.15, 0.2) is 0 Å². The van der Waals surface area contributed by atoms with Crippen LogP contribution in [0.1, 0.15) is 0 Å². The molecule has 2 N–H and O–H groups in total. The number of rotatable bonds is 2. The summed E-state index contributed by atoms with van der Waals surface area (Å²) in [5, 5.41) is 0.503. The summed E-state index contributed by atoms with van der Waals surface area (Å²) in [6, 6.07) is 5.31. The molecule has 17 heavy (non-hydrogen) atoms. The fraction of sp³-hybridized carbons (Fsp3) is 0.273. The summed E-state index contributed by atoms with van der Waals surface area (Å²) >= 11 is 3.33. The predicted molar refractivity (Wildman–Crippen MR) is 70.2 cm³/mol. The van der Waals surface area contributed by atoms with Crippen LogP contribution in [0.25, 0.3) is 10.9 Å². The van der Waals surface area contributed by atoms with Gasteiger partial charge < -0.3 is 5.73 Å². The second-order valence-electron chi connectivity index (χ2n) is 3.72. The van der Waals surface area contributed by atoms with E-state index in [1.165, 1.54) is 4.57 Å². The minimum atomic E-state index is -0.342. The van der Waals surface area contributed by atoms with E-state index in [4.69, 9.17) is 5.73 Å². The van der Waals surface area contributed by atoms with E-state index in [0.29, 0.717) is 15.4 Å². The topological polar surface area (TPSA) is 70.0 Å². The van der Waals surface area contributed by atoms with E-state index in [-0.39, 0.29) is 24.3 Å². The lowest BCUT2D eigenvalue weighted by molar-refractivity contribution is 0.613. The second kappa shape index (κ2) is 4.46. The van der Waals surface area contributed by atoms with Crippen LogP contribution in [-0.4, -0.2) is 15.7 Å². The first-order chi connectivity index (χ1) is 8.07. The third-order valence-electron chi connectivity index (χ3n) is 2.68. The highest BCUT2D eigenvalue weighted by atomic mass is 79.9. The molecule has 6 heteroatoms. The highest BCUT2D eigenvalue weighted by molar-refractivity contribution is 9.10. The van der Waals surface area contributed by atoms with Crippen LogP contribution in [0.4, 0.5) is 0 Å². The van der Waals surface area contributed by atoms with Gasteiger partial charge in [-0.15, -0.1) is 0 Å². The summed E-state index contributed by atoms with van der Waals surface area (Å²) in [6.45, 7) is 0.480. The van der Waals surface area contributed by atoms with Crippen LogP contribution < -0.4 is 17.0 Å². The predicted octanol–water partition coefficient (Wildman–Crippen LogP) is 0.421. The monoisotopic (exact) mass is 297 g/mol. The Morgan fingerprint density at radius 3 is 2.71 bits per heavy atom. The molecule has 0 bridgehead atoms. The number of hydrogen-bond acceptors (Lipinski definition) is 3. The number of nitrogens with zero attached hydrogens (tertiary/aromatic N) is 2. The normalized spacial score (nSPS) is 11.0. The molecule has 1 heterocycles. The van der Waals surface area contributed by atoms with Gasteiger partial charge in [0.2, 0.25) is 0 Å². The molecule has 5 nitrogen and oxygen atoms in total. The van der Waals surface area contributed by atoms with E-state index < -0.39 is 0 Å². The Morgan fingerprint density at radius 2 is 2.06 bits per heavy atom. The van der Waals surface area contributed by atoms with E-state index in [9.17, 15) is 9.59 Å². The molecule has 2 rings (SSSR count). The van der Waals surface area contributed by atoms with Crippen molar-refractivity contribution in [1.82, 2.24) is 9.13 Å². The number of hydrogen-bond donors (Lipinski definition) is 1. The first kappa shape index (κ1) is 12.1. The molecular formula is C11H12BrN3O2. The maximum atomic E-state index is 12.2. The highest BCUT2D eigenvalue weighted by Gasteiger charge is 2.12. The van der Waals surface area contributed by atoms with Crippen molar-refractivity contribution in [3.63, 3.8) is 0 Å². The van der Waals surface area contributed by atoms with E-state index in [1.54, 1.807) is 25.2 Å². The van der Waals surface area contributed by atoms with Crippen LogP contribution >= 0.6 is 15.9 Å². The number of aryl methyl sites for hydroxylation is 1. The molecule has 2 aromatic rings. The molecule has 0 fully saturated rings. The maximum Gasteiger partial charge on any atom is 0.331 e. The molecule has 0 atom stereocenters. The van der Waals surface area contributed by atoms with Crippen molar-refractivity contribution in [2.75, 3.05) is 6.54 Å². The molecule has 0 aliphatic heterocycles. The molecule has 90 valence electrons. The van der Waals surface area contributed by atoms with Crippen LogP contribution in [0.2, 0.25) is 0 Å². The van der Waals surface area contributed by atoms with Crippen molar-refractivity contribution in [1.29, 1.82) is 0 Å². The summed E-state index contributed by atoms with van der Waals surface area (Å²) in [6.07, 6.45) is 0. The Kier molecular flexibility index (Phi) is 3.17. The Hall–Kier alpha value is -1.40. The fourth-order valence-electron chi connectivity index (χ4n) is 1.84. The lowest BCUT2D eigenvalue weighted by Gasteiger charge is -2.10. The van der Waals surface area contributed by atoms with E-state index in [1.807, 2.05) is 0 Å². The average Bonchev–Trinajstić information content (AvgIpc) is 2.31. The summed E-state index contributed by atoms with van der Waals surface area (Å²) in [5.41, 5.74) is 5.38. The first-order valence-corrected chi connectivity index (χ1v) is 5.95. The van der Waals surface area contributed by atoms with Crippen LogP contribution in [0.5, 0.6) is 0 Å². The van der Waals surface area contributed by atoms with Gasteiger partial charge in [-0.3, -0.25) is 13.9 Å². The minimum absolute atomic E-state index is 0.225. The number of fused-ring (bicyclic) bond motifs is 1. The Morgan fingerprint density at radius 1 is 1.35 bits per heavy atom. The highest BCUT2D eigenvalue weighted by Crippen LogP contribution is 2.18. The number of aromatic nitrogens is 2. The van der Waals surface area contributed by atoms with Gasteiger partial charge in [-0.05, 0) is 28.1 Å². The van der Waals surface area contributed by atoms with Crippen molar-refractivity contribution >= 4 is 26.8 Å². The number of benzene rings is 1. The molecule has 0 saturated carbocycles. The minimum Gasteiger partial charge on any atom is -0.329 e. The molecule has 0 radical (unpaired) electrons. The largest absolute Gasteiger partial charge is 0.331 e. The summed E-state index contributed by atoms with van der Waals surface area (Å²) in [7, 11) is 1.64. The molecular weight excluding hydrogens is 286 g/mol. The van der Waals surface area contributed by atoms with Crippen molar-refractivity contribution in [2.45, 2.75) is 6.54 Å². The quantitative estimate of drug-likeness (QED) is 0.873. The van der Waals surface area contributed by atoms with E-state index in [0.717, 1.165) is 4.57 Å². The van der Waals surface area contributed by atoms with Crippen LogP contribution in [0.15, 0.2) is 32.3 Å². The average molecular weight is 298 g/mol. The maximum absolute atomic E-state index is 12.2. The van der Waals surface area contributed by atoms with Crippen molar-refractivity contribution in [3.8, 4) is 0 Å². The van der Waals surface area contributed by atoms with Crippen LogP contribution in [0, 0.1) is 0 Å². The van der Waals surface area contributed by atoms with Gasteiger partial charge in [-0.25, -0.2) is 4.79 Å². The molecule has 0 amide bonds. The van der Waals surface area contributed by atoms with Gasteiger partial charge in [0.05, 0.1) is 10.9 Å². The van der Waals surface area contributed by atoms with Gasteiger partial charge >= 0.3 is 5.69 Å². The molecule has 0 spiro atoms. The molecule has 1 aromatic heterocycles. The van der Waals surface area contributed by atoms with Gasteiger partial charge in [-0.1, -0.05) is 6.07 Å². The van der Waals surface area contributed by atoms with Crippen molar-refractivity contribution in [3.05, 3.63) is 43.5 Å². The van der Waals surface area contributed by atoms with Crippen LogP contribution in [-0.2, 0) is 13.6 Å². The van der Waals surface area contributed by atoms with Gasteiger partial charge in [-0.2, -0.15) is 0 Å². The molecule has 0 aliphatic rings. The Labute approximate surface area is 106 Å². The standard InChI is InChI=1S/C11H12BrN3O2/c1-14-8-4-2-3-7(12)9(8)10(16)15(6-5-13)11(14)17/h2-4H,5-6,13H2,1H3. The molecule has 0 saturated heterocycles. The molecule has 0 aliphatic carbocycles. The fourth-order valence-corrected chi connectivity index (χ4v) is 2.36. The van der Waals surface area contributed by atoms with Gasteiger partial charge in [0, 0.05) is 24.6 Å². The molecule has 1 aromatic carbocycles. The summed E-state index contributed by atoms with van der Waals surface area (Å²) < 4.78 is 3.30. The lowest BCUT2D eigenvalue weighted by atomic mass is 10.2. The first-order valence-electron chi connectivity index (χ1n) is 5.16. The van der Waals surface area contributed by atoms with Crippen molar-refractivity contribution < 1.29 is 0 Å². The van der Waals surface area contributed by atoms with Crippen LogP contribution in [0.3, 0.4) is 0 Å². The van der Waals surface area contributed by atoms with Gasteiger partial charge in [0.25, 0.3) is 5.56 Å². The zero-order chi connectivity index (χ0) is 12.6. The Balaban J connectivity index is 3.02. The van der Waals surface area contributed by atoms with Crippen molar-refractivity contribution in [2.24, 2.45) is 12.8 Å². The van der Waals surface area contributed by atoms with Gasteiger partial charge in [0.1, 0.15) is 0 Å². The number of nitrogens with two attached hydrogens (primary N) is 1. The smallest absolute Gasteiger partial charge is 0.329 e. The summed E-state index contributed by atoms with van der Waals surface area (Å²) in [5.74, 6) is 0. The number of halogens is 1. The van der Waals surface area contributed by atoms with E-state index >= 15 is 0 Å². The SMILES string of the molecule is Cn1c(=O)n(CCN)c(=O)c2c(Br)cccc21. The Bertz CT molecular complexity index is 687. The third-order valence-corrected chi connectivity index (χ3v) is 3.34. The lowest BCUT2D eigenvalue weighted by Crippen LogP contribution is -2.40. The molecule has 0 unspecified atom stereocenters.